The Morgan fingerprint density at radius 2 is 1.07 bits per heavy atom. The monoisotopic (exact) mass is 600 g/mol. The molecule has 224 valence electrons. The second kappa shape index (κ2) is 12.6. The van der Waals surface area contributed by atoms with Crippen molar-refractivity contribution in [2.75, 3.05) is 11.5 Å². The van der Waals surface area contributed by atoms with Crippen LogP contribution in [0.4, 0.5) is 0 Å². The molecular weight excluding hydrogens is 553 g/mol. The van der Waals surface area contributed by atoms with Crippen molar-refractivity contribution in [2.24, 2.45) is 0 Å². The molecule has 0 spiro atoms. The SMILES string of the molecule is CC(C)(C)c1cc(CSCCSCc2cc(C(C)(C)C)cc(C(C)(C)C)c2O)c(O)c(-c2cccc3ccccc23)c1. The Kier molecular flexibility index (Phi) is 9.69. The van der Waals surface area contributed by atoms with E-state index in [1.807, 2.05) is 23.5 Å². The van der Waals surface area contributed by atoms with Crippen molar-refractivity contribution >= 4 is 34.3 Å². The second-order valence-corrected chi connectivity index (χ2v) is 16.7. The molecule has 0 unspecified atom stereocenters. The van der Waals surface area contributed by atoms with E-state index in [0.717, 1.165) is 56.2 Å². The number of fused-ring (bicyclic) bond motifs is 1. The number of rotatable bonds is 8. The summed E-state index contributed by atoms with van der Waals surface area (Å²) in [4.78, 5) is 0. The highest BCUT2D eigenvalue weighted by Gasteiger charge is 2.25. The number of thioether (sulfide) groups is 2. The molecule has 0 saturated carbocycles. The molecule has 0 fully saturated rings. The normalized spacial score (nSPS) is 12.7. The number of phenols is 2. The van der Waals surface area contributed by atoms with Crippen LogP contribution in [0.5, 0.6) is 11.5 Å². The second-order valence-electron chi connectivity index (χ2n) is 14.4. The van der Waals surface area contributed by atoms with Crippen LogP contribution < -0.4 is 0 Å². The Balaban J connectivity index is 1.49. The lowest BCUT2D eigenvalue weighted by atomic mass is 9.79. The molecule has 0 amide bonds. The fourth-order valence-corrected chi connectivity index (χ4v) is 7.31. The largest absolute Gasteiger partial charge is 0.507 e. The van der Waals surface area contributed by atoms with Gasteiger partial charge in [-0.1, -0.05) is 123 Å². The number of aromatic hydroxyl groups is 2. The molecule has 0 aliphatic rings. The van der Waals surface area contributed by atoms with Crippen LogP contribution in [0.3, 0.4) is 0 Å². The van der Waals surface area contributed by atoms with Crippen LogP contribution >= 0.6 is 23.5 Å². The van der Waals surface area contributed by atoms with Crippen molar-refractivity contribution in [3.63, 3.8) is 0 Å². The summed E-state index contributed by atoms with van der Waals surface area (Å²) in [6.07, 6.45) is 0. The molecule has 0 aliphatic heterocycles. The van der Waals surface area contributed by atoms with Crippen molar-refractivity contribution in [3.05, 3.63) is 94.5 Å². The minimum absolute atomic E-state index is 0.0253. The van der Waals surface area contributed by atoms with E-state index in [1.165, 1.54) is 16.5 Å². The summed E-state index contributed by atoms with van der Waals surface area (Å²) in [6, 6.07) is 23.4. The zero-order valence-corrected chi connectivity index (χ0v) is 28.5. The molecule has 2 nitrogen and oxygen atoms in total. The maximum Gasteiger partial charge on any atom is 0.127 e. The molecule has 4 aromatic rings. The Morgan fingerprint density at radius 1 is 0.548 bits per heavy atom. The molecule has 4 heteroatoms. The molecule has 42 heavy (non-hydrogen) atoms. The topological polar surface area (TPSA) is 40.5 Å². The van der Waals surface area contributed by atoms with E-state index in [0.29, 0.717) is 11.5 Å². The van der Waals surface area contributed by atoms with Crippen LogP contribution in [-0.4, -0.2) is 21.7 Å². The van der Waals surface area contributed by atoms with Gasteiger partial charge >= 0.3 is 0 Å². The van der Waals surface area contributed by atoms with Gasteiger partial charge in [-0.05, 0) is 55.3 Å². The first-order valence-electron chi connectivity index (χ1n) is 14.9. The number of phenolic OH excluding ortho intramolecular Hbond substituents is 2. The predicted molar refractivity (Wildman–Crippen MR) is 188 cm³/mol. The average Bonchev–Trinajstić information content (AvgIpc) is 2.90. The van der Waals surface area contributed by atoms with Gasteiger partial charge in [-0.15, -0.1) is 0 Å². The fourth-order valence-electron chi connectivity index (χ4n) is 5.19. The summed E-state index contributed by atoms with van der Waals surface area (Å²) in [6.45, 7) is 19.9. The minimum atomic E-state index is -0.116. The Bertz CT molecular complexity index is 1540. The van der Waals surface area contributed by atoms with E-state index >= 15 is 0 Å². The first-order chi connectivity index (χ1) is 19.6. The van der Waals surface area contributed by atoms with E-state index < -0.39 is 0 Å². The van der Waals surface area contributed by atoms with Gasteiger partial charge in [0.25, 0.3) is 0 Å². The van der Waals surface area contributed by atoms with Crippen molar-refractivity contribution < 1.29 is 10.2 Å². The van der Waals surface area contributed by atoms with Crippen molar-refractivity contribution in [1.82, 2.24) is 0 Å². The van der Waals surface area contributed by atoms with Crippen LogP contribution in [-0.2, 0) is 27.8 Å². The van der Waals surface area contributed by atoms with Gasteiger partial charge in [-0.2, -0.15) is 23.5 Å². The highest BCUT2D eigenvalue weighted by molar-refractivity contribution is 8.02. The van der Waals surface area contributed by atoms with Gasteiger partial charge in [0.1, 0.15) is 11.5 Å². The Labute approximate surface area is 262 Å². The van der Waals surface area contributed by atoms with Crippen LogP contribution in [0.2, 0.25) is 0 Å². The Hall–Kier alpha value is -2.56. The fraction of sp³-hybridized carbons (Fsp3) is 0.421. The van der Waals surface area contributed by atoms with Crippen molar-refractivity contribution in [1.29, 1.82) is 0 Å². The highest BCUT2D eigenvalue weighted by Crippen LogP contribution is 2.42. The third kappa shape index (κ3) is 7.50. The van der Waals surface area contributed by atoms with Crippen LogP contribution in [0.25, 0.3) is 21.9 Å². The molecule has 0 bridgehead atoms. The van der Waals surface area contributed by atoms with Crippen LogP contribution in [0.1, 0.15) is 90.1 Å². The molecule has 0 aliphatic carbocycles. The maximum absolute atomic E-state index is 11.5. The number of benzene rings is 4. The first kappa shape index (κ1) is 32.4. The van der Waals surface area contributed by atoms with Crippen LogP contribution in [0.15, 0.2) is 66.7 Å². The lowest BCUT2D eigenvalue weighted by Gasteiger charge is -2.27. The highest BCUT2D eigenvalue weighted by atomic mass is 32.2. The van der Waals surface area contributed by atoms with Crippen LogP contribution in [0, 0.1) is 0 Å². The number of hydrogen-bond donors (Lipinski definition) is 2. The summed E-state index contributed by atoms with van der Waals surface area (Å²) >= 11 is 3.72. The molecule has 0 heterocycles. The molecule has 0 radical (unpaired) electrons. The number of hydrogen-bond acceptors (Lipinski definition) is 4. The summed E-state index contributed by atoms with van der Waals surface area (Å²) in [5.41, 5.74) is 7.41. The van der Waals surface area contributed by atoms with Gasteiger partial charge in [0.15, 0.2) is 0 Å². The van der Waals surface area contributed by atoms with Gasteiger partial charge in [-0.3, -0.25) is 0 Å². The van der Waals surface area contributed by atoms with E-state index in [1.54, 1.807) is 0 Å². The van der Waals surface area contributed by atoms with Gasteiger partial charge in [-0.25, -0.2) is 0 Å². The molecular formula is C38H48O2S2. The maximum atomic E-state index is 11.5. The van der Waals surface area contributed by atoms with Gasteiger partial charge < -0.3 is 10.2 Å². The molecule has 2 N–H and O–H groups in total. The van der Waals surface area contributed by atoms with E-state index in [4.69, 9.17) is 0 Å². The molecule has 0 saturated heterocycles. The zero-order chi connectivity index (χ0) is 30.9. The van der Waals surface area contributed by atoms with E-state index in [9.17, 15) is 10.2 Å². The third-order valence-electron chi connectivity index (χ3n) is 7.88. The smallest absolute Gasteiger partial charge is 0.127 e. The Morgan fingerprint density at radius 3 is 1.64 bits per heavy atom. The predicted octanol–water partition coefficient (Wildman–Crippen LogP) is 11.0. The average molecular weight is 601 g/mol. The minimum Gasteiger partial charge on any atom is -0.507 e. The summed E-state index contributed by atoms with van der Waals surface area (Å²) in [7, 11) is 0. The zero-order valence-electron chi connectivity index (χ0n) is 26.9. The lowest BCUT2D eigenvalue weighted by molar-refractivity contribution is 0.440. The van der Waals surface area contributed by atoms with Gasteiger partial charge in [0.2, 0.25) is 0 Å². The van der Waals surface area contributed by atoms with Gasteiger partial charge in [0, 0.05) is 39.7 Å². The summed E-state index contributed by atoms with van der Waals surface area (Å²) in [5, 5.41) is 25.0. The van der Waals surface area contributed by atoms with Crippen molar-refractivity contribution in [3.8, 4) is 22.6 Å². The molecule has 4 aromatic carbocycles. The summed E-state index contributed by atoms with van der Waals surface area (Å²) in [5.74, 6) is 4.32. The first-order valence-corrected chi connectivity index (χ1v) is 17.2. The standard InChI is InChI=1S/C38H48O2S2/c1-36(2,3)28-19-26(34(39)32(21-28)31-16-12-14-25-13-10-11-15-30(25)31)23-41-17-18-42-24-27-20-29(37(4,5)6)22-33(35(27)40)38(7,8)9/h10-16,19-22,39-40H,17-18,23-24H2,1-9H3. The lowest BCUT2D eigenvalue weighted by Crippen LogP contribution is -2.17. The van der Waals surface area contributed by atoms with Gasteiger partial charge in [0.05, 0.1) is 0 Å². The quantitative estimate of drug-likeness (QED) is 0.197. The molecule has 4 rings (SSSR count). The van der Waals surface area contributed by atoms with E-state index in [2.05, 4.69) is 129 Å². The van der Waals surface area contributed by atoms with Crippen molar-refractivity contribution in [2.45, 2.75) is 90.1 Å². The third-order valence-corrected chi connectivity index (χ3v) is 10.2. The summed E-state index contributed by atoms with van der Waals surface area (Å²) < 4.78 is 0. The van der Waals surface area contributed by atoms with E-state index in [-0.39, 0.29) is 16.2 Å². The molecule has 0 atom stereocenters. The molecule has 0 aromatic heterocycles.